The van der Waals surface area contributed by atoms with E-state index in [4.69, 9.17) is 5.26 Å². The van der Waals surface area contributed by atoms with Crippen molar-refractivity contribution in [2.45, 2.75) is 0 Å². The number of hydrogen-bond acceptors (Lipinski definition) is 6. The third-order valence-corrected chi connectivity index (χ3v) is 3.28. The van der Waals surface area contributed by atoms with E-state index in [1.54, 1.807) is 35.2 Å². The molecule has 0 amide bonds. The molecule has 2 N–H and O–H groups in total. The molecule has 0 spiro atoms. The molecule has 0 saturated heterocycles. The minimum absolute atomic E-state index is 0.331. The van der Waals surface area contributed by atoms with Crippen LogP contribution in [0.4, 0.5) is 11.6 Å². The zero-order valence-corrected chi connectivity index (χ0v) is 11.8. The number of aromatic amines is 1. The van der Waals surface area contributed by atoms with Crippen molar-refractivity contribution >= 4 is 17.3 Å². The van der Waals surface area contributed by atoms with Gasteiger partial charge in [-0.25, -0.2) is 9.50 Å². The van der Waals surface area contributed by atoms with Gasteiger partial charge in [-0.05, 0) is 24.3 Å². The summed E-state index contributed by atoms with van der Waals surface area (Å²) in [5.41, 5.74) is 3.54. The number of fused-ring (bicyclic) bond motifs is 1. The molecule has 4 heterocycles. The van der Waals surface area contributed by atoms with Crippen LogP contribution in [0.3, 0.4) is 0 Å². The topological polar surface area (TPSA) is 108 Å². The van der Waals surface area contributed by atoms with Gasteiger partial charge in [0.15, 0.2) is 5.65 Å². The molecule has 0 fully saturated rings. The fourth-order valence-electron chi connectivity index (χ4n) is 2.27. The van der Waals surface area contributed by atoms with Gasteiger partial charge in [0.1, 0.15) is 11.8 Å². The number of nitriles is 1. The first kappa shape index (κ1) is 13.0. The highest BCUT2D eigenvalue weighted by atomic mass is 15.4. The van der Waals surface area contributed by atoms with Gasteiger partial charge >= 0.3 is 0 Å². The zero-order valence-electron chi connectivity index (χ0n) is 11.8. The summed E-state index contributed by atoms with van der Waals surface area (Å²) in [6.45, 7) is 0. The molecule has 8 heteroatoms. The molecule has 0 unspecified atom stereocenters. The zero-order chi connectivity index (χ0) is 15.6. The molecule has 110 valence electrons. The van der Waals surface area contributed by atoms with Crippen LogP contribution in [0.5, 0.6) is 0 Å². The Balaban J connectivity index is 1.75. The number of pyridine rings is 2. The highest BCUT2D eigenvalue weighted by Crippen LogP contribution is 2.20. The molecule has 0 saturated carbocycles. The van der Waals surface area contributed by atoms with Crippen molar-refractivity contribution in [3.63, 3.8) is 0 Å². The molecule has 0 aliphatic rings. The molecular weight excluding hydrogens is 292 g/mol. The summed E-state index contributed by atoms with van der Waals surface area (Å²) in [4.78, 5) is 8.37. The molecule has 0 radical (unpaired) electrons. The fraction of sp³-hybridized carbons (Fsp3) is 0. The van der Waals surface area contributed by atoms with E-state index in [-0.39, 0.29) is 0 Å². The van der Waals surface area contributed by atoms with Crippen molar-refractivity contribution in [3.05, 3.63) is 54.6 Å². The standard InChI is InChI=1S/C15H10N8/c16-7-12-6-11(4-5-17-12)20-15-21-14-3-1-2-13(23(14)22-15)10-8-18-19-9-10/h1-6,8-9H,(H,18,19)(H,17,20,22). The van der Waals surface area contributed by atoms with Gasteiger partial charge in [0.25, 0.3) is 0 Å². The Hall–Kier alpha value is -3.73. The summed E-state index contributed by atoms with van der Waals surface area (Å²) >= 11 is 0. The molecule has 0 aliphatic carbocycles. The molecule has 23 heavy (non-hydrogen) atoms. The van der Waals surface area contributed by atoms with Crippen LogP contribution in [0, 0.1) is 11.3 Å². The van der Waals surface area contributed by atoms with E-state index in [0.717, 1.165) is 11.3 Å². The SMILES string of the molecule is N#Cc1cc(Nc2nc3cccc(-c4cn[nH]c4)n3n2)ccn1. The van der Waals surface area contributed by atoms with Crippen LogP contribution in [-0.4, -0.2) is 29.8 Å². The van der Waals surface area contributed by atoms with Crippen molar-refractivity contribution in [1.29, 1.82) is 5.26 Å². The number of anilines is 2. The van der Waals surface area contributed by atoms with Gasteiger partial charge in [-0.15, -0.1) is 5.10 Å². The van der Waals surface area contributed by atoms with Crippen LogP contribution < -0.4 is 5.32 Å². The maximum Gasteiger partial charge on any atom is 0.247 e. The van der Waals surface area contributed by atoms with E-state index >= 15 is 0 Å². The van der Waals surface area contributed by atoms with Crippen LogP contribution in [0.15, 0.2) is 48.9 Å². The van der Waals surface area contributed by atoms with Gasteiger partial charge in [-0.2, -0.15) is 15.3 Å². The summed E-state index contributed by atoms with van der Waals surface area (Å²) in [6.07, 6.45) is 5.09. The largest absolute Gasteiger partial charge is 0.323 e. The van der Waals surface area contributed by atoms with Gasteiger partial charge < -0.3 is 5.32 Å². The highest BCUT2D eigenvalue weighted by Gasteiger charge is 2.09. The van der Waals surface area contributed by atoms with Crippen LogP contribution in [-0.2, 0) is 0 Å². The van der Waals surface area contributed by atoms with Crippen molar-refractivity contribution < 1.29 is 0 Å². The maximum absolute atomic E-state index is 8.90. The second-order valence-corrected chi connectivity index (χ2v) is 4.77. The molecule has 4 rings (SSSR count). The van der Waals surface area contributed by atoms with E-state index in [2.05, 4.69) is 30.6 Å². The first-order valence-corrected chi connectivity index (χ1v) is 6.81. The van der Waals surface area contributed by atoms with Gasteiger partial charge in [0.2, 0.25) is 5.95 Å². The second-order valence-electron chi connectivity index (χ2n) is 4.77. The molecule has 0 atom stereocenters. The van der Waals surface area contributed by atoms with E-state index in [1.807, 2.05) is 24.3 Å². The first-order chi connectivity index (χ1) is 11.3. The number of nitrogens with zero attached hydrogens (tertiary/aromatic N) is 6. The van der Waals surface area contributed by atoms with Gasteiger partial charge in [-0.1, -0.05) is 6.07 Å². The normalized spacial score (nSPS) is 10.6. The van der Waals surface area contributed by atoms with Crippen molar-refractivity contribution in [2.75, 3.05) is 5.32 Å². The molecule has 4 aromatic heterocycles. The monoisotopic (exact) mass is 302 g/mol. The number of aromatic nitrogens is 6. The first-order valence-electron chi connectivity index (χ1n) is 6.81. The highest BCUT2D eigenvalue weighted by molar-refractivity contribution is 5.63. The molecule has 0 aliphatic heterocycles. The van der Waals surface area contributed by atoms with Crippen LogP contribution in [0.2, 0.25) is 0 Å². The van der Waals surface area contributed by atoms with Crippen LogP contribution in [0.25, 0.3) is 16.9 Å². The molecule has 4 aromatic rings. The lowest BCUT2D eigenvalue weighted by atomic mass is 10.2. The predicted molar refractivity (Wildman–Crippen MR) is 82.8 cm³/mol. The molecular formula is C15H10N8. The summed E-state index contributed by atoms with van der Waals surface area (Å²) in [5, 5.41) is 23.2. The maximum atomic E-state index is 8.90. The average molecular weight is 302 g/mol. The minimum Gasteiger partial charge on any atom is -0.323 e. The van der Waals surface area contributed by atoms with Gasteiger partial charge in [0, 0.05) is 23.6 Å². The third kappa shape index (κ3) is 2.36. The second kappa shape index (κ2) is 5.23. The van der Waals surface area contributed by atoms with E-state index in [9.17, 15) is 0 Å². The van der Waals surface area contributed by atoms with Crippen molar-refractivity contribution in [1.82, 2.24) is 29.8 Å². The quantitative estimate of drug-likeness (QED) is 0.600. The van der Waals surface area contributed by atoms with Gasteiger partial charge in [0.05, 0.1) is 11.9 Å². The predicted octanol–water partition coefficient (Wildman–Crippen LogP) is 2.13. The molecule has 0 aromatic carbocycles. The number of hydrogen-bond donors (Lipinski definition) is 2. The molecule has 8 nitrogen and oxygen atoms in total. The van der Waals surface area contributed by atoms with E-state index in [1.165, 1.54) is 0 Å². The Morgan fingerprint density at radius 3 is 3.04 bits per heavy atom. The van der Waals surface area contributed by atoms with E-state index in [0.29, 0.717) is 23.0 Å². The summed E-state index contributed by atoms with van der Waals surface area (Å²) < 4.78 is 1.74. The number of H-pyrrole nitrogens is 1. The Labute approximate surface area is 130 Å². The lowest BCUT2D eigenvalue weighted by Crippen LogP contribution is -1.96. The van der Waals surface area contributed by atoms with Crippen LogP contribution >= 0.6 is 0 Å². The van der Waals surface area contributed by atoms with Crippen molar-refractivity contribution in [2.24, 2.45) is 0 Å². The Morgan fingerprint density at radius 2 is 2.22 bits per heavy atom. The fourth-order valence-corrected chi connectivity index (χ4v) is 2.27. The average Bonchev–Trinajstić information content (AvgIpc) is 3.23. The summed E-state index contributed by atoms with van der Waals surface area (Å²) in [7, 11) is 0. The summed E-state index contributed by atoms with van der Waals surface area (Å²) in [5.74, 6) is 0.441. The Kier molecular flexibility index (Phi) is 2.95. The smallest absolute Gasteiger partial charge is 0.247 e. The number of rotatable bonds is 3. The van der Waals surface area contributed by atoms with Crippen molar-refractivity contribution in [3.8, 4) is 17.3 Å². The van der Waals surface area contributed by atoms with E-state index < -0.39 is 0 Å². The molecule has 0 bridgehead atoms. The summed E-state index contributed by atoms with van der Waals surface area (Å²) in [6, 6.07) is 11.1. The van der Waals surface area contributed by atoms with Gasteiger partial charge in [-0.3, -0.25) is 5.10 Å². The minimum atomic E-state index is 0.331. The Bertz CT molecular complexity index is 1010. The number of nitrogens with one attached hydrogen (secondary N) is 2. The van der Waals surface area contributed by atoms with Crippen LogP contribution in [0.1, 0.15) is 5.69 Å². The Morgan fingerprint density at radius 1 is 1.26 bits per heavy atom. The lowest BCUT2D eigenvalue weighted by Gasteiger charge is -2.01. The lowest BCUT2D eigenvalue weighted by molar-refractivity contribution is 0.973. The third-order valence-electron chi connectivity index (χ3n) is 3.28.